The lowest BCUT2D eigenvalue weighted by Crippen LogP contribution is -2.49. The summed E-state index contributed by atoms with van der Waals surface area (Å²) in [5.74, 6) is 0. The van der Waals surface area contributed by atoms with Crippen molar-refractivity contribution in [2.45, 2.75) is 50.6 Å². The molecule has 2 rings (SSSR count). The lowest BCUT2D eigenvalue weighted by atomic mass is 10.1. The highest BCUT2D eigenvalue weighted by atomic mass is 16.2. The fourth-order valence-corrected chi connectivity index (χ4v) is 2.71. The summed E-state index contributed by atoms with van der Waals surface area (Å²) in [7, 11) is 1.93. The molecule has 0 aromatic carbocycles. The number of nitrogens with zero attached hydrogens (tertiary/aromatic N) is 1. The van der Waals surface area contributed by atoms with E-state index < -0.39 is 0 Å². The van der Waals surface area contributed by atoms with Gasteiger partial charge in [-0.2, -0.15) is 0 Å². The minimum atomic E-state index is 0.124. The Kier molecular flexibility index (Phi) is 4.04. The summed E-state index contributed by atoms with van der Waals surface area (Å²) in [4.78, 5) is 13.9. The molecule has 2 amide bonds. The van der Waals surface area contributed by atoms with E-state index in [1.165, 1.54) is 12.8 Å². The van der Waals surface area contributed by atoms with Gasteiger partial charge in [0.25, 0.3) is 0 Å². The summed E-state index contributed by atoms with van der Waals surface area (Å²) < 4.78 is 0. The number of amides is 2. The van der Waals surface area contributed by atoms with E-state index in [1.807, 2.05) is 11.9 Å². The summed E-state index contributed by atoms with van der Waals surface area (Å²) in [5.41, 5.74) is 0. The smallest absolute Gasteiger partial charge is 0.317 e. The van der Waals surface area contributed by atoms with Crippen molar-refractivity contribution >= 4 is 6.03 Å². The number of nitrogens with one attached hydrogen (secondary N) is 2. The van der Waals surface area contributed by atoms with Gasteiger partial charge in [-0.05, 0) is 38.8 Å². The summed E-state index contributed by atoms with van der Waals surface area (Å²) in [5, 5.41) is 6.47. The van der Waals surface area contributed by atoms with Crippen LogP contribution in [0.25, 0.3) is 0 Å². The normalized spacial score (nSPS) is 23.3. The zero-order valence-electron chi connectivity index (χ0n) is 10.2. The lowest BCUT2D eigenvalue weighted by molar-refractivity contribution is 0.173. The Balaban J connectivity index is 1.78. The molecule has 2 N–H and O–H groups in total. The second kappa shape index (κ2) is 5.53. The van der Waals surface area contributed by atoms with E-state index in [2.05, 4.69) is 10.6 Å². The van der Waals surface area contributed by atoms with Crippen LogP contribution in [0.2, 0.25) is 0 Å². The third kappa shape index (κ3) is 2.88. The first kappa shape index (κ1) is 11.7. The Morgan fingerprint density at radius 2 is 1.81 bits per heavy atom. The van der Waals surface area contributed by atoms with Crippen molar-refractivity contribution in [3.63, 3.8) is 0 Å². The van der Waals surface area contributed by atoms with Crippen LogP contribution in [0.5, 0.6) is 0 Å². The fraction of sp³-hybridized carbons (Fsp3) is 0.917. The molecule has 2 fully saturated rings. The Morgan fingerprint density at radius 1 is 1.19 bits per heavy atom. The summed E-state index contributed by atoms with van der Waals surface area (Å²) in [6, 6.07) is 0.970. The second-order valence-corrected chi connectivity index (χ2v) is 5.02. The predicted octanol–water partition coefficient (Wildman–Crippen LogP) is 1.32. The van der Waals surface area contributed by atoms with Gasteiger partial charge in [-0.1, -0.05) is 12.8 Å². The molecule has 0 aromatic heterocycles. The minimum absolute atomic E-state index is 0.124. The van der Waals surface area contributed by atoms with Crippen LogP contribution in [0.1, 0.15) is 38.5 Å². The maximum absolute atomic E-state index is 12.0. The quantitative estimate of drug-likeness (QED) is 0.744. The third-order valence-electron chi connectivity index (χ3n) is 3.86. The van der Waals surface area contributed by atoms with Gasteiger partial charge in [0, 0.05) is 19.1 Å². The van der Waals surface area contributed by atoms with Gasteiger partial charge in [0.05, 0.1) is 0 Å². The van der Waals surface area contributed by atoms with Gasteiger partial charge in [-0.15, -0.1) is 0 Å². The Bertz CT molecular complexity index is 232. The molecule has 0 aromatic rings. The zero-order chi connectivity index (χ0) is 11.4. The molecular weight excluding hydrogens is 202 g/mol. The molecule has 1 heterocycles. The van der Waals surface area contributed by atoms with E-state index in [9.17, 15) is 4.79 Å². The molecule has 0 radical (unpaired) electrons. The summed E-state index contributed by atoms with van der Waals surface area (Å²) in [6.45, 7) is 2.07. The van der Waals surface area contributed by atoms with E-state index in [-0.39, 0.29) is 6.03 Å². The minimum Gasteiger partial charge on any atom is -0.335 e. The van der Waals surface area contributed by atoms with Crippen molar-refractivity contribution in [2.24, 2.45) is 0 Å². The first-order valence-electron chi connectivity index (χ1n) is 6.51. The Labute approximate surface area is 97.8 Å². The number of hydrogen-bond acceptors (Lipinski definition) is 2. The van der Waals surface area contributed by atoms with Crippen LogP contribution in [-0.2, 0) is 0 Å². The third-order valence-corrected chi connectivity index (χ3v) is 3.86. The fourth-order valence-electron chi connectivity index (χ4n) is 2.71. The van der Waals surface area contributed by atoms with E-state index in [4.69, 9.17) is 0 Å². The van der Waals surface area contributed by atoms with Crippen LogP contribution in [0.3, 0.4) is 0 Å². The first-order valence-corrected chi connectivity index (χ1v) is 6.51. The van der Waals surface area contributed by atoms with Crippen LogP contribution >= 0.6 is 0 Å². The van der Waals surface area contributed by atoms with E-state index >= 15 is 0 Å². The lowest BCUT2D eigenvalue weighted by Gasteiger charge is -2.32. The molecule has 0 spiro atoms. The molecule has 1 aliphatic heterocycles. The van der Waals surface area contributed by atoms with E-state index in [0.717, 1.165) is 38.8 Å². The van der Waals surface area contributed by atoms with Crippen molar-refractivity contribution in [1.29, 1.82) is 0 Å². The van der Waals surface area contributed by atoms with Gasteiger partial charge >= 0.3 is 6.03 Å². The molecule has 1 saturated heterocycles. The van der Waals surface area contributed by atoms with Gasteiger partial charge in [0.1, 0.15) is 0 Å². The highest BCUT2D eigenvalue weighted by Gasteiger charge is 2.24. The highest BCUT2D eigenvalue weighted by Crippen LogP contribution is 2.18. The van der Waals surface area contributed by atoms with Crippen LogP contribution in [0.4, 0.5) is 4.79 Å². The predicted molar refractivity (Wildman–Crippen MR) is 64.4 cm³/mol. The van der Waals surface area contributed by atoms with Gasteiger partial charge in [-0.25, -0.2) is 4.79 Å². The standard InChI is InChI=1S/C12H23N3O/c1-15(11-6-8-13-9-7-11)12(16)14-10-4-2-3-5-10/h10-11,13H,2-9H2,1H3,(H,14,16). The second-order valence-electron chi connectivity index (χ2n) is 5.02. The number of urea groups is 1. The molecule has 4 nitrogen and oxygen atoms in total. The first-order chi connectivity index (χ1) is 7.77. The molecule has 92 valence electrons. The topological polar surface area (TPSA) is 44.4 Å². The summed E-state index contributed by atoms with van der Waals surface area (Å²) in [6.07, 6.45) is 7.00. The van der Waals surface area contributed by atoms with E-state index in [0.29, 0.717) is 12.1 Å². The molecular formula is C12H23N3O. The SMILES string of the molecule is CN(C(=O)NC1CCCC1)C1CCNCC1. The zero-order valence-corrected chi connectivity index (χ0v) is 10.2. The maximum atomic E-state index is 12.0. The Hall–Kier alpha value is -0.770. The molecule has 16 heavy (non-hydrogen) atoms. The van der Waals surface area contributed by atoms with Gasteiger partial charge in [0.2, 0.25) is 0 Å². The molecule has 2 aliphatic rings. The average Bonchev–Trinajstić information content (AvgIpc) is 2.82. The molecule has 0 unspecified atom stereocenters. The van der Waals surface area contributed by atoms with Crippen LogP contribution < -0.4 is 10.6 Å². The van der Waals surface area contributed by atoms with Crippen LogP contribution in [0, 0.1) is 0 Å². The highest BCUT2D eigenvalue weighted by molar-refractivity contribution is 5.74. The van der Waals surface area contributed by atoms with Crippen molar-refractivity contribution in [1.82, 2.24) is 15.5 Å². The van der Waals surface area contributed by atoms with Gasteiger partial charge in [0.15, 0.2) is 0 Å². The molecule has 4 heteroatoms. The number of hydrogen-bond donors (Lipinski definition) is 2. The summed E-state index contributed by atoms with van der Waals surface area (Å²) >= 11 is 0. The number of rotatable bonds is 2. The van der Waals surface area contributed by atoms with Crippen molar-refractivity contribution in [2.75, 3.05) is 20.1 Å². The van der Waals surface area contributed by atoms with Crippen molar-refractivity contribution in [3.8, 4) is 0 Å². The van der Waals surface area contributed by atoms with Crippen LogP contribution in [0.15, 0.2) is 0 Å². The average molecular weight is 225 g/mol. The maximum Gasteiger partial charge on any atom is 0.317 e. The molecule has 0 bridgehead atoms. The molecule has 1 aliphatic carbocycles. The number of carbonyl (C=O) groups is 1. The number of piperidine rings is 1. The van der Waals surface area contributed by atoms with Gasteiger partial charge in [-0.3, -0.25) is 0 Å². The van der Waals surface area contributed by atoms with Crippen LogP contribution in [-0.4, -0.2) is 43.2 Å². The van der Waals surface area contributed by atoms with Gasteiger partial charge < -0.3 is 15.5 Å². The number of carbonyl (C=O) groups excluding carboxylic acids is 1. The van der Waals surface area contributed by atoms with Crippen molar-refractivity contribution < 1.29 is 4.79 Å². The Morgan fingerprint density at radius 3 is 2.44 bits per heavy atom. The van der Waals surface area contributed by atoms with E-state index in [1.54, 1.807) is 0 Å². The molecule has 0 atom stereocenters. The molecule has 1 saturated carbocycles. The van der Waals surface area contributed by atoms with Crippen molar-refractivity contribution in [3.05, 3.63) is 0 Å². The monoisotopic (exact) mass is 225 g/mol. The largest absolute Gasteiger partial charge is 0.335 e.